The summed E-state index contributed by atoms with van der Waals surface area (Å²) in [4.78, 5) is 10.8. The Morgan fingerprint density at radius 1 is 0.875 bits per heavy atom. The Bertz CT molecular complexity index is 1010. The molecule has 0 bridgehead atoms. The first-order valence-corrected chi connectivity index (χ1v) is 11.7. The van der Waals surface area contributed by atoms with Crippen LogP contribution in [0.5, 0.6) is 23.0 Å². The molecule has 0 aliphatic rings. The van der Waals surface area contributed by atoms with Crippen LogP contribution in [0.3, 0.4) is 0 Å². The molecule has 0 aromatic heterocycles. The van der Waals surface area contributed by atoms with Gasteiger partial charge in [0.1, 0.15) is 29.5 Å². The maximum atomic E-state index is 12.7. The molecule has 0 amide bonds. The highest BCUT2D eigenvalue weighted by atomic mass is 32.2. The van der Waals surface area contributed by atoms with Crippen molar-refractivity contribution in [1.82, 2.24) is 0 Å². The molecule has 0 heterocycles. The van der Waals surface area contributed by atoms with E-state index in [0.717, 1.165) is 5.56 Å². The second kappa shape index (κ2) is 11.5. The number of sulfone groups is 1. The van der Waals surface area contributed by atoms with Crippen molar-refractivity contribution in [3.05, 3.63) is 41.5 Å². The van der Waals surface area contributed by atoms with E-state index in [0.29, 0.717) is 34.2 Å². The topological polar surface area (TPSA) is 120 Å². The number of hydrogen-bond donors (Lipinski definition) is 2. The van der Waals surface area contributed by atoms with Crippen LogP contribution in [0.15, 0.2) is 30.3 Å². The van der Waals surface area contributed by atoms with E-state index in [9.17, 15) is 13.2 Å². The Kier molecular flexibility index (Phi) is 9.01. The Morgan fingerprint density at radius 2 is 1.47 bits per heavy atom. The van der Waals surface area contributed by atoms with Gasteiger partial charge >= 0.3 is 5.97 Å². The molecule has 0 aliphatic carbocycles. The number of carbonyl (C=O) groups is 1. The zero-order chi connectivity index (χ0) is 23.7. The van der Waals surface area contributed by atoms with Crippen molar-refractivity contribution in [3.63, 3.8) is 0 Å². The highest BCUT2D eigenvalue weighted by Crippen LogP contribution is 2.34. The number of aryl methyl sites for hydroxylation is 1. The van der Waals surface area contributed by atoms with Crippen LogP contribution in [-0.4, -0.2) is 66.0 Å². The van der Waals surface area contributed by atoms with Gasteiger partial charge in [-0.25, -0.2) is 8.42 Å². The van der Waals surface area contributed by atoms with Gasteiger partial charge in [0.15, 0.2) is 9.84 Å². The molecule has 0 fully saturated rings. The summed E-state index contributed by atoms with van der Waals surface area (Å²) in [6.45, 7) is -0.274. The summed E-state index contributed by atoms with van der Waals surface area (Å²) in [6, 6.07) is 8.52. The van der Waals surface area contributed by atoms with Gasteiger partial charge in [-0.3, -0.25) is 4.79 Å². The Balaban J connectivity index is 2.09. The van der Waals surface area contributed by atoms with E-state index in [4.69, 9.17) is 24.1 Å². The van der Waals surface area contributed by atoms with Gasteiger partial charge in [0.2, 0.25) is 0 Å². The van der Waals surface area contributed by atoms with Crippen LogP contribution in [0.25, 0.3) is 0 Å². The molecule has 0 saturated carbocycles. The van der Waals surface area contributed by atoms with Gasteiger partial charge in [0, 0.05) is 17.7 Å². The Labute approximate surface area is 188 Å². The maximum Gasteiger partial charge on any atom is 0.322 e. The van der Waals surface area contributed by atoms with Crippen molar-refractivity contribution < 1.29 is 37.3 Å². The molecule has 2 rings (SSSR count). The summed E-state index contributed by atoms with van der Waals surface area (Å²) in [5, 5.41) is 11.6. The smallest absolute Gasteiger partial charge is 0.322 e. The molecule has 32 heavy (non-hydrogen) atoms. The normalized spacial score (nSPS) is 11.0. The number of benzene rings is 2. The number of rotatable bonds is 13. The molecule has 176 valence electrons. The van der Waals surface area contributed by atoms with Crippen LogP contribution < -0.4 is 24.3 Å². The van der Waals surface area contributed by atoms with Crippen molar-refractivity contribution in [2.45, 2.75) is 12.8 Å². The first kappa shape index (κ1) is 25.1. The van der Waals surface area contributed by atoms with Crippen molar-refractivity contribution >= 4 is 21.5 Å². The maximum absolute atomic E-state index is 12.7. The molecular formula is C22H29NO8S. The summed E-state index contributed by atoms with van der Waals surface area (Å²) >= 11 is 0. The zero-order valence-corrected chi connectivity index (χ0v) is 19.5. The van der Waals surface area contributed by atoms with E-state index in [1.807, 2.05) is 0 Å². The third kappa shape index (κ3) is 6.94. The lowest BCUT2D eigenvalue weighted by atomic mass is 10.1. The van der Waals surface area contributed by atoms with Gasteiger partial charge in [0.25, 0.3) is 0 Å². The molecule has 2 aromatic carbocycles. The van der Waals surface area contributed by atoms with Gasteiger partial charge in [0.05, 0.1) is 45.6 Å². The van der Waals surface area contributed by atoms with Crippen LogP contribution in [0.1, 0.15) is 11.1 Å². The lowest BCUT2D eigenvalue weighted by Crippen LogP contribution is -2.16. The van der Waals surface area contributed by atoms with E-state index in [1.165, 1.54) is 28.4 Å². The van der Waals surface area contributed by atoms with Gasteiger partial charge < -0.3 is 29.4 Å². The van der Waals surface area contributed by atoms with Gasteiger partial charge in [-0.1, -0.05) is 6.07 Å². The van der Waals surface area contributed by atoms with Crippen LogP contribution in [0, 0.1) is 0 Å². The number of carboxylic acids is 1. The fourth-order valence-corrected chi connectivity index (χ4v) is 4.44. The highest BCUT2D eigenvalue weighted by Gasteiger charge is 2.18. The van der Waals surface area contributed by atoms with E-state index in [2.05, 4.69) is 5.32 Å². The summed E-state index contributed by atoms with van der Waals surface area (Å²) in [7, 11) is 2.63. The van der Waals surface area contributed by atoms with Crippen molar-refractivity contribution in [3.8, 4) is 23.0 Å². The molecule has 10 heteroatoms. The standard InChI is InChI=1S/C22H29NO8S/c1-28-16-12-20(30-3)17(21(13-16)31-4)8-10-32(26,27)9-7-15-5-6-19(29-2)18(11-15)23-14-22(24)25/h5-6,11-13,23H,7-10,14H2,1-4H3,(H,24,25). The Morgan fingerprint density at radius 3 is 2.00 bits per heavy atom. The summed E-state index contributed by atoms with van der Waals surface area (Å²) in [5.41, 5.74) is 1.91. The van der Waals surface area contributed by atoms with Crippen LogP contribution in [0.2, 0.25) is 0 Å². The van der Waals surface area contributed by atoms with Crippen molar-refractivity contribution in [1.29, 1.82) is 0 Å². The molecule has 0 saturated heterocycles. The predicted octanol–water partition coefficient (Wildman–Crippen LogP) is 2.42. The SMILES string of the molecule is COc1cc(OC)c(CCS(=O)(=O)CCc2ccc(OC)c(NCC(=O)O)c2)c(OC)c1. The van der Waals surface area contributed by atoms with E-state index < -0.39 is 15.8 Å². The molecule has 9 nitrogen and oxygen atoms in total. The fraction of sp³-hybridized carbons (Fsp3) is 0.409. The third-order valence-corrected chi connectivity index (χ3v) is 6.53. The second-order valence-electron chi connectivity index (χ2n) is 6.94. The number of aliphatic carboxylic acids is 1. The average molecular weight is 468 g/mol. The van der Waals surface area contributed by atoms with Crippen LogP contribution >= 0.6 is 0 Å². The number of methoxy groups -OCH3 is 4. The number of ether oxygens (including phenoxy) is 4. The third-order valence-electron chi connectivity index (χ3n) is 4.88. The minimum Gasteiger partial charge on any atom is -0.496 e. The lowest BCUT2D eigenvalue weighted by molar-refractivity contribution is -0.134. The van der Waals surface area contributed by atoms with E-state index >= 15 is 0 Å². The lowest BCUT2D eigenvalue weighted by Gasteiger charge is -2.15. The van der Waals surface area contributed by atoms with Gasteiger partial charge in [-0.05, 0) is 30.5 Å². The van der Waals surface area contributed by atoms with Crippen LogP contribution in [0.4, 0.5) is 5.69 Å². The van der Waals surface area contributed by atoms with Crippen LogP contribution in [-0.2, 0) is 27.5 Å². The summed E-state index contributed by atoms with van der Waals surface area (Å²) < 4.78 is 46.6. The first-order valence-electron chi connectivity index (χ1n) is 9.84. The van der Waals surface area contributed by atoms with Crippen molar-refractivity contribution in [2.24, 2.45) is 0 Å². The quantitative estimate of drug-likeness (QED) is 0.457. The molecule has 2 N–H and O–H groups in total. The molecule has 0 unspecified atom stereocenters. The molecule has 0 spiro atoms. The first-order chi connectivity index (χ1) is 15.2. The highest BCUT2D eigenvalue weighted by molar-refractivity contribution is 7.91. The summed E-state index contributed by atoms with van der Waals surface area (Å²) in [5.74, 6) is 0.893. The number of nitrogens with one attached hydrogen (secondary N) is 1. The minimum atomic E-state index is -3.39. The molecule has 0 radical (unpaired) electrons. The summed E-state index contributed by atoms with van der Waals surface area (Å²) in [6.07, 6.45) is 0.512. The largest absolute Gasteiger partial charge is 0.496 e. The average Bonchev–Trinajstić information content (AvgIpc) is 2.79. The fourth-order valence-electron chi connectivity index (χ4n) is 3.18. The van der Waals surface area contributed by atoms with Gasteiger partial charge in [-0.15, -0.1) is 0 Å². The molecular weight excluding hydrogens is 438 g/mol. The monoisotopic (exact) mass is 467 g/mol. The molecule has 0 aliphatic heterocycles. The van der Waals surface area contributed by atoms with E-state index in [1.54, 1.807) is 30.3 Å². The minimum absolute atomic E-state index is 0.0571. The number of carboxylic acid groups (broad SMARTS) is 1. The Hall–Kier alpha value is -3.14. The number of hydrogen-bond acceptors (Lipinski definition) is 8. The second-order valence-corrected chi connectivity index (χ2v) is 9.25. The van der Waals surface area contributed by atoms with Crippen molar-refractivity contribution in [2.75, 3.05) is 51.8 Å². The van der Waals surface area contributed by atoms with Gasteiger partial charge in [-0.2, -0.15) is 0 Å². The predicted molar refractivity (Wildman–Crippen MR) is 121 cm³/mol. The zero-order valence-electron chi connectivity index (χ0n) is 18.6. The molecule has 0 atom stereocenters. The molecule has 2 aromatic rings. The van der Waals surface area contributed by atoms with E-state index in [-0.39, 0.29) is 30.9 Å². The number of anilines is 1.